The second-order valence-corrected chi connectivity index (χ2v) is 9.17. The lowest BCUT2D eigenvalue weighted by atomic mass is 9.78. The fourth-order valence-corrected chi connectivity index (χ4v) is 4.93. The molecule has 0 aromatic rings. The average molecular weight is 346 g/mol. The van der Waals surface area contributed by atoms with E-state index >= 15 is 0 Å². The summed E-state index contributed by atoms with van der Waals surface area (Å²) in [6, 6.07) is 0.274. The van der Waals surface area contributed by atoms with E-state index in [1.165, 1.54) is 12.8 Å². The van der Waals surface area contributed by atoms with Crippen LogP contribution >= 0.6 is 0 Å². The van der Waals surface area contributed by atoms with Crippen LogP contribution in [0.25, 0.3) is 0 Å². The summed E-state index contributed by atoms with van der Waals surface area (Å²) in [5.41, 5.74) is 0. The van der Waals surface area contributed by atoms with E-state index < -0.39 is 10.0 Å². The summed E-state index contributed by atoms with van der Waals surface area (Å²) in [7, 11) is -3.44. The van der Waals surface area contributed by atoms with Crippen molar-refractivity contribution in [1.82, 2.24) is 10.2 Å². The van der Waals surface area contributed by atoms with E-state index in [-0.39, 0.29) is 23.6 Å². The lowest BCUT2D eigenvalue weighted by Gasteiger charge is -2.36. The van der Waals surface area contributed by atoms with Crippen LogP contribution < -0.4 is 10.5 Å². The molecule has 0 bridgehead atoms. The molecule has 4 atom stereocenters. The van der Waals surface area contributed by atoms with Crippen LogP contribution in [0.5, 0.6) is 0 Å². The van der Waals surface area contributed by atoms with Crippen molar-refractivity contribution in [2.45, 2.75) is 52.0 Å². The van der Waals surface area contributed by atoms with Gasteiger partial charge in [0, 0.05) is 12.6 Å². The Labute approximate surface area is 140 Å². The number of amides is 1. The second-order valence-electron chi connectivity index (χ2n) is 7.51. The summed E-state index contributed by atoms with van der Waals surface area (Å²) < 4.78 is 22.5. The van der Waals surface area contributed by atoms with Crippen molar-refractivity contribution in [1.29, 1.82) is 0 Å². The van der Waals surface area contributed by atoms with Gasteiger partial charge in [0.1, 0.15) is 0 Å². The SMILES string of the molecule is CC1CCCC(NC(=O)CN2CCCC(CS(N)(=O)=O)C2)C1C. The number of hydrogen-bond donors (Lipinski definition) is 2. The Morgan fingerprint density at radius 1 is 1.22 bits per heavy atom. The van der Waals surface area contributed by atoms with Crippen molar-refractivity contribution >= 4 is 15.9 Å². The molecule has 1 heterocycles. The van der Waals surface area contributed by atoms with E-state index in [9.17, 15) is 13.2 Å². The van der Waals surface area contributed by atoms with Crippen molar-refractivity contribution in [3.8, 4) is 0 Å². The number of rotatable bonds is 5. The number of piperidine rings is 1. The lowest BCUT2D eigenvalue weighted by Crippen LogP contribution is -2.49. The lowest BCUT2D eigenvalue weighted by molar-refractivity contribution is -0.124. The van der Waals surface area contributed by atoms with Crippen molar-refractivity contribution < 1.29 is 13.2 Å². The summed E-state index contributed by atoms with van der Waals surface area (Å²) in [5.74, 6) is 1.29. The molecule has 7 heteroatoms. The molecular weight excluding hydrogens is 314 g/mol. The molecule has 1 aliphatic heterocycles. The van der Waals surface area contributed by atoms with Crippen LogP contribution in [0.1, 0.15) is 46.0 Å². The van der Waals surface area contributed by atoms with Crippen molar-refractivity contribution in [2.75, 3.05) is 25.4 Å². The number of likely N-dealkylation sites (tertiary alicyclic amines) is 1. The molecule has 23 heavy (non-hydrogen) atoms. The molecule has 0 aromatic heterocycles. The summed E-state index contributed by atoms with van der Waals surface area (Å²) >= 11 is 0. The van der Waals surface area contributed by atoms with E-state index in [1.54, 1.807) is 0 Å². The molecule has 2 rings (SSSR count). The molecule has 3 N–H and O–H groups in total. The Hall–Kier alpha value is -0.660. The van der Waals surface area contributed by atoms with Gasteiger partial charge in [0.05, 0.1) is 12.3 Å². The average Bonchev–Trinajstić information content (AvgIpc) is 2.42. The third kappa shape index (κ3) is 6.04. The Bertz CT molecular complexity index is 509. The first-order valence-corrected chi connectivity index (χ1v) is 10.5. The zero-order valence-electron chi connectivity index (χ0n) is 14.3. The first kappa shape index (κ1) is 18.7. The quantitative estimate of drug-likeness (QED) is 0.775. The number of carbonyl (C=O) groups is 1. The zero-order chi connectivity index (χ0) is 17.0. The van der Waals surface area contributed by atoms with Gasteiger partial charge < -0.3 is 5.32 Å². The Balaban J connectivity index is 1.80. The molecule has 1 amide bonds. The molecule has 134 valence electrons. The van der Waals surface area contributed by atoms with Crippen LogP contribution in [-0.2, 0) is 14.8 Å². The number of primary sulfonamides is 1. The molecule has 1 saturated carbocycles. The van der Waals surface area contributed by atoms with Gasteiger partial charge in [-0.05, 0) is 43.6 Å². The van der Waals surface area contributed by atoms with Crippen molar-refractivity contribution in [3.63, 3.8) is 0 Å². The van der Waals surface area contributed by atoms with Gasteiger partial charge in [-0.2, -0.15) is 0 Å². The van der Waals surface area contributed by atoms with Gasteiger partial charge in [-0.1, -0.05) is 26.7 Å². The minimum atomic E-state index is -3.44. The van der Waals surface area contributed by atoms with Gasteiger partial charge in [0.25, 0.3) is 0 Å². The van der Waals surface area contributed by atoms with E-state index in [4.69, 9.17) is 5.14 Å². The molecular formula is C16H31N3O3S. The van der Waals surface area contributed by atoms with Crippen molar-refractivity contribution in [3.05, 3.63) is 0 Å². The summed E-state index contributed by atoms with van der Waals surface area (Å²) in [5, 5.41) is 8.33. The zero-order valence-corrected chi connectivity index (χ0v) is 15.1. The van der Waals surface area contributed by atoms with Gasteiger partial charge in [0.15, 0.2) is 0 Å². The first-order valence-electron chi connectivity index (χ1n) is 8.77. The van der Waals surface area contributed by atoms with Crippen LogP contribution in [-0.4, -0.2) is 50.7 Å². The first-order chi connectivity index (χ1) is 10.7. The number of nitrogens with one attached hydrogen (secondary N) is 1. The van der Waals surface area contributed by atoms with E-state index in [0.717, 1.165) is 25.8 Å². The van der Waals surface area contributed by atoms with Gasteiger partial charge in [-0.15, -0.1) is 0 Å². The molecule has 2 fully saturated rings. The highest BCUT2D eigenvalue weighted by Crippen LogP contribution is 2.29. The van der Waals surface area contributed by atoms with Gasteiger partial charge in [0.2, 0.25) is 15.9 Å². The maximum Gasteiger partial charge on any atom is 0.234 e. The highest BCUT2D eigenvalue weighted by atomic mass is 32.2. The van der Waals surface area contributed by atoms with Crippen LogP contribution in [0.15, 0.2) is 0 Å². The highest BCUT2D eigenvalue weighted by Gasteiger charge is 2.29. The largest absolute Gasteiger partial charge is 0.352 e. The Kier molecular flexibility index (Phi) is 6.45. The summed E-state index contributed by atoms with van der Waals surface area (Å²) in [4.78, 5) is 14.4. The van der Waals surface area contributed by atoms with Crippen molar-refractivity contribution in [2.24, 2.45) is 22.9 Å². The maximum atomic E-state index is 12.3. The number of carbonyl (C=O) groups excluding carboxylic acids is 1. The standard InChI is InChI=1S/C16H31N3O3S/c1-12-5-3-7-15(13(12)2)18-16(20)10-19-8-4-6-14(9-19)11-23(17,21)22/h12-15H,3-11H2,1-2H3,(H,18,20)(H2,17,21,22). The van der Waals surface area contributed by atoms with Crippen LogP contribution in [0, 0.1) is 17.8 Å². The Morgan fingerprint density at radius 2 is 1.96 bits per heavy atom. The normalized spacial score (nSPS) is 33.3. The van der Waals surface area contributed by atoms with Crippen LogP contribution in [0.3, 0.4) is 0 Å². The number of nitrogens with zero attached hydrogens (tertiary/aromatic N) is 1. The maximum absolute atomic E-state index is 12.3. The minimum absolute atomic E-state index is 0.0162. The highest BCUT2D eigenvalue weighted by molar-refractivity contribution is 7.89. The molecule has 1 aliphatic carbocycles. The molecule has 0 spiro atoms. The minimum Gasteiger partial charge on any atom is -0.352 e. The molecule has 0 aromatic carbocycles. The second kappa shape index (κ2) is 7.94. The van der Waals surface area contributed by atoms with Crippen LogP contribution in [0.4, 0.5) is 0 Å². The van der Waals surface area contributed by atoms with Gasteiger partial charge >= 0.3 is 0 Å². The number of sulfonamides is 1. The van der Waals surface area contributed by atoms with Crippen LogP contribution in [0.2, 0.25) is 0 Å². The van der Waals surface area contributed by atoms with Gasteiger partial charge in [-0.3, -0.25) is 9.69 Å². The fourth-order valence-electron chi connectivity index (χ4n) is 4.00. The fraction of sp³-hybridized carbons (Fsp3) is 0.938. The summed E-state index contributed by atoms with van der Waals surface area (Å²) in [6.07, 6.45) is 5.27. The number of nitrogens with two attached hydrogens (primary N) is 1. The predicted octanol–water partition coefficient (Wildman–Crippen LogP) is 0.928. The molecule has 2 aliphatic rings. The third-order valence-electron chi connectivity index (χ3n) is 5.49. The smallest absolute Gasteiger partial charge is 0.234 e. The number of hydrogen-bond acceptors (Lipinski definition) is 4. The molecule has 0 radical (unpaired) electrons. The molecule has 6 nitrogen and oxygen atoms in total. The topological polar surface area (TPSA) is 92.5 Å². The molecule has 1 saturated heterocycles. The van der Waals surface area contributed by atoms with E-state index in [2.05, 4.69) is 24.1 Å². The summed E-state index contributed by atoms with van der Waals surface area (Å²) in [6.45, 7) is 6.33. The monoisotopic (exact) mass is 345 g/mol. The predicted molar refractivity (Wildman–Crippen MR) is 91.2 cm³/mol. The molecule has 4 unspecified atom stereocenters. The van der Waals surface area contributed by atoms with Gasteiger partial charge in [-0.25, -0.2) is 13.6 Å². The van der Waals surface area contributed by atoms with E-state index in [0.29, 0.717) is 24.9 Å². The Morgan fingerprint density at radius 3 is 2.65 bits per heavy atom. The van der Waals surface area contributed by atoms with E-state index in [1.807, 2.05) is 0 Å². The third-order valence-corrected chi connectivity index (χ3v) is 6.43.